The van der Waals surface area contributed by atoms with Gasteiger partial charge in [-0.1, -0.05) is 29.8 Å². The molecule has 2 fully saturated rings. The lowest BCUT2D eigenvalue weighted by atomic mass is 9.74. The van der Waals surface area contributed by atoms with Gasteiger partial charge < -0.3 is 19.9 Å². The summed E-state index contributed by atoms with van der Waals surface area (Å²) in [4.78, 5) is 51.1. The molecule has 12 heteroatoms. The van der Waals surface area contributed by atoms with Crippen LogP contribution < -0.4 is 15.0 Å². The Balaban J connectivity index is 1.08. The van der Waals surface area contributed by atoms with Crippen molar-refractivity contribution in [2.75, 3.05) is 31.6 Å². The summed E-state index contributed by atoms with van der Waals surface area (Å²) in [6, 6.07) is 12.1. The fourth-order valence-electron chi connectivity index (χ4n) is 6.44. The van der Waals surface area contributed by atoms with E-state index in [9.17, 15) is 23.2 Å². The van der Waals surface area contributed by atoms with Gasteiger partial charge in [0.05, 0.1) is 23.9 Å². The van der Waals surface area contributed by atoms with Crippen molar-refractivity contribution in [3.05, 3.63) is 82.4 Å². The summed E-state index contributed by atoms with van der Waals surface area (Å²) in [7, 11) is 1.53. The molecule has 9 nitrogen and oxygen atoms in total. The lowest BCUT2D eigenvalue weighted by Crippen LogP contribution is -2.65. The summed E-state index contributed by atoms with van der Waals surface area (Å²) in [6.45, 7) is 1.09. The zero-order chi connectivity index (χ0) is 30.3. The minimum atomic E-state index is -2.89. The van der Waals surface area contributed by atoms with Crippen LogP contribution in [0.2, 0.25) is 5.02 Å². The molecular formula is C31H30ClF2N5O4. The number of methoxy groups -OCH3 is 1. The standard InChI is InChI=1S/C31H30ClF2N5O4/c1-43-21-10-11-24(35-14-21)29(41)38-16-31(17-38)23-4-2-3-5-25(23)39(30(31)42)15-18-6-8-20(9-7-18)37-28(40)22-12-19(32)13-36-26(22)27(33)34/h2-5,10-14,18,20,27H,6-9,15-17H2,1H3,(H,37,40). The molecule has 1 spiro atoms. The Morgan fingerprint density at radius 1 is 1.09 bits per heavy atom. The van der Waals surface area contributed by atoms with Gasteiger partial charge in [0.15, 0.2) is 0 Å². The van der Waals surface area contributed by atoms with Crippen LogP contribution in [0.4, 0.5) is 14.5 Å². The van der Waals surface area contributed by atoms with Crippen LogP contribution in [0.1, 0.15) is 64.2 Å². The quantitative estimate of drug-likeness (QED) is 0.412. The molecule has 3 aliphatic rings. The van der Waals surface area contributed by atoms with Crippen LogP contribution in [-0.4, -0.2) is 65.4 Å². The molecule has 0 bridgehead atoms. The van der Waals surface area contributed by atoms with Crippen molar-refractivity contribution in [2.45, 2.75) is 43.6 Å². The molecule has 1 saturated heterocycles. The van der Waals surface area contributed by atoms with E-state index in [1.54, 1.807) is 17.0 Å². The van der Waals surface area contributed by atoms with E-state index >= 15 is 0 Å². The predicted octanol–water partition coefficient (Wildman–Crippen LogP) is 4.81. The van der Waals surface area contributed by atoms with E-state index in [1.165, 1.54) is 19.4 Å². The molecule has 1 aliphatic carbocycles. The summed E-state index contributed by atoms with van der Waals surface area (Å²) in [5, 5.41) is 2.98. The van der Waals surface area contributed by atoms with Gasteiger partial charge in [0.25, 0.3) is 18.2 Å². The molecule has 1 saturated carbocycles. The predicted molar refractivity (Wildman–Crippen MR) is 155 cm³/mol. The SMILES string of the molecule is COc1ccc(C(=O)N2CC3(C2)C(=O)N(CC2CCC(NC(=O)c4cc(Cl)cnc4C(F)F)CC2)c2ccccc23)nc1. The van der Waals surface area contributed by atoms with Crippen molar-refractivity contribution in [1.29, 1.82) is 0 Å². The summed E-state index contributed by atoms with van der Waals surface area (Å²) in [5.41, 5.74) is 0.504. The van der Waals surface area contributed by atoms with Gasteiger partial charge in [-0.05, 0) is 61.4 Å². The number of benzene rings is 1. The number of likely N-dealkylation sites (tertiary alicyclic amines) is 1. The zero-order valence-corrected chi connectivity index (χ0v) is 24.2. The van der Waals surface area contributed by atoms with E-state index in [4.69, 9.17) is 16.3 Å². The lowest BCUT2D eigenvalue weighted by molar-refractivity contribution is -0.128. The number of nitrogens with one attached hydrogen (secondary N) is 1. The van der Waals surface area contributed by atoms with Crippen molar-refractivity contribution < 1.29 is 27.9 Å². The van der Waals surface area contributed by atoms with Crippen LogP contribution in [0.25, 0.3) is 0 Å². The number of nitrogens with zero attached hydrogens (tertiary/aromatic N) is 4. The first-order valence-electron chi connectivity index (χ1n) is 14.2. The smallest absolute Gasteiger partial charge is 0.281 e. The minimum Gasteiger partial charge on any atom is -0.495 e. The first-order valence-corrected chi connectivity index (χ1v) is 14.5. The molecule has 4 heterocycles. The Hall–Kier alpha value is -4.12. The number of fused-ring (bicyclic) bond motifs is 2. The summed E-state index contributed by atoms with van der Waals surface area (Å²) in [6.07, 6.45) is 2.53. The summed E-state index contributed by atoms with van der Waals surface area (Å²) >= 11 is 5.91. The van der Waals surface area contributed by atoms with Gasteiger partial charge in [-0.3, -0.25) is 19.4 Å². The van der Waals surface area contributed by atoms with Gasteiger partial charge in [0, 0.05) is 37.6 Å². The second-order valence-corrected chi connectivity index (χ2v) is 11.8. The van der Waals surface area contributed by atoms with Crippen LogP contribution in [-0.2, 0) is 10.2 Å². The average Bonchev–Trinajstić information content (AvgIpc) is 3.24. The number of carbonyl (C=O) groups excluding carboxylic acids is 3. The van der Waals surface area contributed by atoms with Crippen LogP contribution in [0.15, 0.2) is 54.9 Å². The Morgan fingerprint density at radius 2 is 1.84 bits per heavy atom. The van der Waals surface area contributed by atoms with Gasteiger partial charge in [-0.15, -0.1) is 0 Å². The molecular weight excluding hydrogens is 580 g/mol. The molecule has 0 atom stereocenters. The number of para-hydroxylation sites is 1. The average molecular weight is 610 g/mol. The number of carbonyl (C=O) groups is 3. The number of halogens is 3. The highest BCUT2D eigenvalue weighted by molar-refractivity contribution is 6.30. The number of ether oxygens (including phenoxy) is 1. The molecule has 2 aromatic heterocycles. The molecule has 1 N–H and O–H groups in total. The van der Waals surface area contributed by atoms with Crippen molar-refractivity contribution in [3.63, 3.8) is 0 Å². The van der Waals surface area contributed by atoms with Gasteiger partial charge >= 0.3 is 0 Å². The molecule has 3 aromatic rings. The molecule has 1 aromatic carbocycles. The number of aromatic nitrogens is 2. The Bertz CT molecular complexity index is 1560. The largest absolute Gasteiger partial charge is 0.495 e. The van der Waals surface area contributed by atoms with E-state index in [0.717, 1.165) is 30.3 Å². The van der Waals surface area contributed by atoms with Gasteiger partial charge in [-0.25, -0.2) is 13.8 Å². The first kappa shape index (κ1) is 29.0. The van der Waals surface area contributed by atoms with E-state index < -0.39 is 23.4 Å². The van der Waals surface area contributed by atoms with E-state index in [0.29, 0.717) is 30.8 Å². The summed E-state index contributed by atoms with van der Waals surface area (Å²) < 4.78 is 31.9. The third-order valence-corrected chi connectivity index (χ3v) is 8.93. The molecule has 224 valence electrons. The van der Waals surface area contributed by atoms with Crippen LogP contribution in [0.5, 0.6) is 5.75 Å². The second kappa shape index (κ2) is 11.5. The number of rotatable bonds is 7. The third-order valence-electron chi connectivity index (χ3n) is 8.72. The fraction of sp³-hybridized carbons (Fsp3) is 0.387. The lowest BCUT2D eigenvalue weighted by Gasteiger charge is -2.46. The van der Waals surface area contributed by atoms with Crippen LogP contribution in [0, 0.1) is 5.92 Å². The molecule has 0 unspecified atom stereocenters. The number of anilines is 1. The second-order valence-electron chi connectivity index (χ2n) is 11.3. The normalized spacial score (nSPS) is 20.6. The number of pyridine rings is 2. The van der Waals surface area contributed by atoms with E-state index in [1.807, 2.05) is 29.2 Å². The Morgan fingerprint density at radius 3 is 2.51 bits per heavy atom. The Kier molecular flexibility index (Phi) is 7.76. The molecule has 2 aliphatic heterocycles. The number of hydrogen-bond donors (Lipinski definition) is 1. The maximum Gasteiger partial charge on any atom is 0.281 e. The highest BCUT2D eigenvalue weighted by atomic mass is 35.5. The first-order chi connectivity index (χ1) is 20.7. The maximum atomic E-state index is 13.9. The Labute approximate surface area is 252 Å². The van der Waals surface area contributed by atoms with Crippen molar-refractivity contribution >= 4 is 35.0 Å². The molecule has 6 rings (SSSR count). The van der Waals surface area contributed by atoms with E-state index in [2.05, 4.69) is 15.3 Å². The van der Waals surface area contributed by atoms with Gasteiger partial charge in [0.2, 0.25) is 5.91 Å². The van der Waals surface area contributed by atoms with E-state index in [-0.39, 0.29) is 47.4 Å². The zero-order valence-electron chi connectivity index (χ0n) is 23.4. The third kappa shape index (κ3) is 5.30. The highest BCUT2D eigenvalue weighted by Crippen LogP contribution is 2.48. The van der Waals surface area contributed by atoms with Crippen LogP contribution in [0.3, 0.4) is 0 Å². The minimum absolute atomic E-state index is 0.0103. The monoisotopic (exact) mass is 609 g/mol. The topological polar surface area (TPSA) is 105 Å². The van der Waals surface area contributed by atoms with Gasteiger partial charge in [0.1, 0.15) is 22.6 Å². The molecule has 43 heavy (non-hydrogen) atoms. The number of hydrogen-bond acceptors (Lipinski definition) is 6. The highest BCUT2D eigenvalue weighted by Gasteiger charge is 2.59. The number of amides is 3. The van der Waals surface area contributed by atoms with Crippen molar-refractivity contribution in [1.82, 2.24) is 20.2 Å². The maximum absolute atomic E-state index is 13.9. The summed E-state index contributed by atoms with van der Waals surface area (Å²) in [5.74, 6) is -0.0994. The van der Waals surface area contributed by atoms with Crippen LogP contribution >= 0.6 is 11.6 Å². The van der Waals surface area contributed by atoms with Crippen molar-refractivity contribution in [2.24, 2.45) is 5.92 Å². The molecule has 3 amide bonds. The van der Waals surface area contributed by atoms with Gasteiger partial charge in [-0.2, -0.15) is 0 Å². The molecule has 0 radical (unpaired) electrons. The number of alkyl halides is 2. The van der Waals surface area contributed by atoms with Crippen molar-refractivity contribution in [3.8, 4) is 5.75 Å². The fourth-order valence-corrected chi connectivity index (χ4v) is 6.60.